The number of hydrogen-bond donors (Lipinski definition) is 3. The molecule has 3 N–H and O–H groups in total. The summed E-state index contributed by atoms with van der Waals surface area (Å²) in [6, 6.07) is 13.2. The second-order valence-corrected chi connectivity index (χ2v) is 8.58. The van der Waals surface area contributed by atoms with Crippen LogP contribution >= 0.6 is 0 Å². The molecule has 0 amide bonds. The first-order chi connectivity index (χ1) is 12.9. The van der Waals surface area contributed by atoms with Gasteiger partial charge >= 0.3 is 5.97 Å². The number of sulfonamides is 1. The molecule has 0 aliphatic heterocycles. The average Bonchev–Trinajstić information content (AvgIpc) is 3.15. The van der Waals surface area contributed by atoms with E-state index in [4.69, 9.17) is 0 Å². The Morgan fingerprint density at radius 3 is 2.41 bits per heavy atom. The summed E-state index contributed by atoms with van der Waals surface area (Å²) in [6.07, 6.45) is 4.18. The van der Waals surface area contributed by atoms with Gasteiger partial charge in [0.25, 0.3) is 0 Å². The summed E-state index contributed by atoms with van der Waals surface area (Å²) in [5, 5.41) is 12.6. The Hall–Kier alpha value is -2.38. The fraction of sp³-hybridized carbons (Fsp3) is 0.350. The predicted octanol–water partition coefficient (Wildman–Crippen LogP) is 3.78. The van der Waals surface area contributed by atoms with Gasteiger partial charge in [-0.15, -0.1) is 0 Å². The van der Waals surface area contributed by atoms with E-state index in [1.54, 1.807) is 13.0 Å². The Morgan fingerprint density at radius 2 is 1.78 bits per heavy atom. The monoisotopic (exact) mass is 388 g/mol. The summed E-state index contributed by atoms with van der Waals surface area (Å²) < 4.78 is 28.7. The number of anilines is 1. The molecule has 27 heavy (non-hydrogen) atoms. The zero-order chi connectivity index (χ0) is 19.4. The predicted molar refractivity (Wildman–Crippen MR) is 104 cm³/mol. The number of carbonyl (C=O) groups is 1. The Morgan fingerprint density at radius 1 is 1.11 bits per heavy atom. The summed E-state index contributed by atoms with van der Waals surface area (Å²) in [5.41, 5.74) is 1.22. The molecule has 0 bridgehead atoms. The minimum atomic E-state index is -3.91. The van der Waals surface area contributed by atoms with Crippen LogP contribution in [0.1, 0.15) is 54.6 Å². The maximum absolute atomic E-state index is 13.0. The highest BCUT2D eigenvalue weighted by Gasteiger charge is 2.25. The topological polar surface area (TPSA) is 95.5 Å². The minimum Gasteiger partial charge on any atom is -0.478 e. The molecule has 144 valence electrons. The average molecular weight is 388 g/mol. The summed E-state index contributed by atoms with van der Waals surface area (Å²) >= 11 is 0. The lowest BCUT2D eigenvalue weighted by Crippen LogP contribution is -2.28. The van der Waals surface area contributed by atoms with Gasteiger partial charge in [-0.05, 0) is 43.5 Å². The van der Waals surface area contributed by atoms with Gasteiger partial charge in [0.1, 0.15) is 4.90 Å². The largest absolute Gasteiger partial charge is 0.478 e. The van der Waals surface area contributed by atoms with E-state index in [0.717, 1.165) is 31.2 Å². The molecule has 0 spiro atoms. The van der Waals surface area contributed by atoms with Gasteiger partial charge in [0, 0.05) is 12.1 Å². The molecule has 0 saturated heterocycles. The molecule has 1 atom stereocenters. The molecule has 7 heteroatoms. The normalized spacial score (nSPS) is 16.2. The van der Waals surface area contributed by atoms with E-state index in [9.17, 15) is 18.3 Å². The summed E-state index contributed by atoms with van der Waals surface area (Å²) in [5.74, 6) is -1.16. The second-order valence-electron chi connectivity index (χ2n) is 6.90. The Kier molecular flexibility index (Phi) is 5.82. The molecule has 1 aliphatic rings. The molecule has 2 aromatic rings. The molecule has 0 unspecified atom stereocenters. The Balaban J connectivity index is 1.93. The quantitative estimate of drug-likeness (QED) is 0.671. The van der Waals surface area contributed by atoms with Gasteiger partial charge in [-0.25, -0.2) is 17.9 Å². The van der Waals surface area contributed by atoms with Crippen LogP contribution in [-0.2, 0) is 10.0 Å². The molecular formula is C20H24N2O4S. The smallest absolute Gasteiger partial charge is 0.335 e. The van der Waals surface area contributed by atoms with E-state index in [1.807, 2.05) is 30.3 Å². The molecule has 2 aromatic carbocycles. The highest BCUT2D eigenvalue weighted by molar-refractivity contribution is 7.89. The fourth-order valence-corrected chi connectivity index (χ4v) is 4.82. The van der Waals surface area contributed by atoms with Crippen LogP contribution in [0.3, 0.4) is 0 Å². The standard InChI is InChI=1S/C20H24N2O4S/c1-14(15-7-3-2-4-8-15)22-27(25,26)19-13-16(20(23)24)11-12-18(19)21-17-9-5-6-10-17/h2-4,7-8,11-14,17,21-22H,5-6,9-10H2,1H3,(H,23,24)/t14-/m1/s1. The van der Waals surface area contributed by atoms with Crippen LogP contribution < -0.4 is 10.0 Å². The van der Waals surface area contributed by atoms with Crippen LogP contribution in [0.15, 0.2) is 53.4 Å². The number of hydrogen-bond acceptors (Lipinski definition) is 4. The lowest BCUT2D eigenvalue weighted by Gasteiger charge is -2.20. The molecule has 1 saturated carbocycles. The van der Waals surface area contributed by atoms with Crippen molar-refractivity contribution in [2.45, 2.75) is 49.6 Å². The van der Waals surface area contributed by atoms with Crippen LogP contribution in [0.25, 0.3) is 0 Å². The first-order valence-corrected chi connectivity index (χ1v) is 10.6. The van der Waals surface area contributed by atoms with E-state index >= 15 is 0 Å². The Bertz CT molecular complexity index is 907. The third-order valence-corrected chi connectivity index (χ3v) is 6.45. The molecule has 0 aromatic heterocycles. The maximum atomic E-state index is 13.0. The van der Waals surface area contributed by atoms with Gasteiger partial charge in [-0.1, -0.05) is 43.2 Å². The molecule has 1 aliphatic carbocycles. The molecule has 0 radical (unpaired) electrons. The van der Waals surface area contributed by atoms with Crippen molar-refractivity contribution >= 4 is 21.7 Å². The van der Waals surface area contributed by atoms with E-state index < -0.39 is 22.0 Å². The van der Waals surface area contributed by atoms with Crippen LogP contribution in [0.2, 0.25) is 0 Å². The summed E-state index contributed by atoms with van der Waals surface area (Å²) in [6.45, 7) is 1.76. The summed E-state index contributed by atoms with van der Waals surface area (Å²) in [4.78, 5) is 11.3. The van der Waals surface area contributed by atoms with Crippen LogP contribution in [0, 0.1) is 0 Å². The number of nitrogens with one attached hydrogen (secondary N) is 2. The van der Waals surface area contributed by atoms with Crippen molar-refractivity contribution in [2.75, 3.05) is 5.32 Å². The van der Waals surface area contributed by atoms with E-state index in [2.05, 4.69) is 10.0 Å². The fourth-order valence-electron chi connectivity index (χ4n) is 3.39. The minimum absolute atomic E-state index is 0.0305. The van der Waals surface area contributed by atoms with Gasteiger partial charge in [-0.3, -0.25) is 0 Å². The SMILES string of the molecule is C[C@@H](NS(=O)(=O)c1cc(C(=O)O)ccc1NC1CCCC1)c1ccccc1. The van der Waals surface area contributed by atoms with Gasteiger partial charge in [0.05, 0.1) is 11.3 Å². The van der Waals surface area contributed by atoms with Gasteiger partial charge in [-0.2, -0.15) is 0 Å². The highest BCUT2D eigenvalue weighted by atomic mass is 32.2. The summed E-state index contributed by atoms with van der Waals surface area (Å²) in [7, 11) is -3.91. The first kappa shape index (κ1) is 19.4. The number of benzene rings is 2. The van der Waals surface area contributed by atoms with Crippen molar-refractivity contribution in [3.63, 3.8) is 0 Å². The molecular weight excluding hydrogens is 364 g/mol. The number of carboxylic acids is 1. The second kappa shape index (κ2) is 8.10. The van der Waals surface area contributed by atoms with E-state index in [1.165, 1.54) is 12.1 Å². The van der Waals surface area contributed by atoms with Crippen molar-refractivity contribution < 1.29 is 18.3 Å². The third-order valence-electron chi connectivity index (χ3n) is 4.86. The van der Waals surface area contributed by atoms with Crippen molar-refractivity contribution in [1.82, 2.24) is 4.72 Å². The van der Waals surface area contributed by atoms with E-state index in [0.29, 0.717) is 5.69 Å². The van der Waals surface area contributed by atoms with Gasteiger partial charge in [0.15, 0.2) is 0 Å². The molecule has 1 fully saturated rings. The van der Waals surface area contributed by atoms with Crippen LogP contribution in [-0.4, -0.2) is 25.5 Å². The molecule has 6 nitrogen and oxygen atoms in total. The first-order valence-electron chi connectivity index (χ1n) is 9.08. The molecule has 0 heterocycles. The van der Waals surface area contributed by atoms with Gasteiger partial charge < -0.3 is 10.4 Å². The van der Waals surface area contributed by atoms with Crippen molar-refractivity contribution in [1.29, 1.82) is 0 Å². The number of aromatic carboxylic acids is 1. The lowest BCUT2D eigenvalue weighted by atomic mass is 10.1. The van der Waals surface area contributed by atoms with Gasteiger partial charge in [0.2, 0.25) is 10.0 Å². The highest BCUT2D eigenvalue weighted by Crippen LogP contribution is 2.29. The van der Waals surface area contributed by atoms with E-state index in [-0.39, 0.29) is 16.5 Å². The van der Waals surface area contributed by atoms with Crippen molar-refractivity contribution in [3.05, 3.63) is 59.7 Å². The number of rotatable bonds is 7. The zero-order valence-electron chi connectivity index (χ0n) is 15.2. The van der Waals surface area contributed by atoms with Crippen molar-refractivity contribution in [3.8, 4) is 0 Å². The van der Waals surface area contributed by atoms with Crippen LogP contribution in [0.4, 0.5) is 5.69 Å². The van der Waals surface area contributed by atoms with Crippen molar-refractivity contribution in [2.24, 2.45) is 0 Å². The lowest BCUT2D eigenvalue weighted by molar-refractivity contribution is 0.0696. The van der Waals surface area contributed by atoms with Crippen LogP contribution in [0.5, 0.6) is 0 Å². The third kappa shape index (κ3) is 4.67. The molecule has 3 rings (SSSR count). The zero-order valence-corrected chi connectivity index (χ0v) is 16.0. The Labute approximate surface area is 159 Å². The maximum Gasteiger partial charge on any atom is 0.335 e. The number of carboxylic acid groups (broad SMARTS) is 1.